The van der Waals surface area contributed by atoms with Crippen LogP contribution < -0.4 is 0 Å². The van der Waals surface area contributed by atoms with Gasteiger partial charge in [0.15, 0.2) is 0 Å². The highest BCUT2D eigenvalue weighted by Gasteiger charge is 2.40. The van der Waals surface area contributed by atoms with E-state index >= 15 is 0 Å². The second kappa shape index (κ2) is 4.85. The Morgan fingerprint density at radius 3 is 3.06 bits per heavy atom. The van der Waals surface area contributed by atoms with E-state index in [1.165, 1.54) is 0 Å². The molecule has 2 aliphatic rings. The lowest BCUT2D eigenvalue weighted by Gasteiger charge is -2.32. The summed E-state index contributed by atoms with van der Waals surface area (Å²) in [5.41, 5.74) is 0. The van der Waals surface area contributed by atoms with Crippen molar-refractivity contribution < 1.29 is 9.53 Å². The molecule has 0 unspecified atom stereocenters. The van der Waals surface area contributed by atoms with E-state index in [9.17, 15) is 4.79 Å². The summed E-state index contributed by atoms with van der Waals surface area (Å²) in [5, 5.41) is 0. The third-order valence-corrected chi connectivity index (χ3v) is 3.43. The molecule has 4 heteroatoms. The molecule has 2 aliphatic heterocycles. The fraction of sp³-hybridized carbons (Fsp3) is 0.833. The van der Waals surface area contributed by atoms with Gasteiger partial charge in [0, 0.05) is 6.54 Å². The fourth-order valence-electron chi connectivity index (χ4n) is 2.55. The zero-order valence-electron chi connectivity index (χ0n) is 10.1. The van der Waals surface area contributed by atoms with Crippen molar-refractivity contribution in [3.8, 4) is 0 Å². The molecule has 2 rings (SSSR count). The molecule has 0 aromatic rings. The molecule has 1 saturated heterocycles. The van der Waals surface area contributed by atoms with Crippen molar-refractivity contribution >= 4 is 11.8 Å². The Morgan fingerprint density at radius 2 is 2.38 bits per heavy atom. The molecular weight excluding hydrogens is 204 g/mol. The Kier molecular flexibility index (Phi) is 3.46. The van der Waals surface area contributed by atoms with E-state index in [4.69, 9.17) is 4.74 Å². The summed E-state index contributed by atoms with van der Waals surface area (Å²) in [7, 11) is 1.65. The largest absolute Gasteiger partial charge is 0.483 e. The van der Waals surface area contributed by atoms with Gasteiger partial charge in [0.25, 0.3) is 0 Å². The van der Waals surface area contributed by atoms with Crippen molar-refractivity contribution in [3.05, 3.63) is 0 Å². The molecule has 16 heavy (non-hydrogen) atoms. The van der Waals surface area contributed by atoms with Crippen LogP contribution >= 0.6 is 0 Å². The maximum atomic E-state index is 12.1. The lowest BCUT2D eigenvalue weighted by Crippen LogP contribution is -2.50. The SMILES string of the molecule is CCCC[C@@H]1N=C(OC)[C@@H]2CCCN2C1=O. The van der Waals surface area contributed by atoms with Gasteiger partial charge in [-0.05, 0) is 19.3 Å². The molecule has 2 heterocycles. The molecule has 1 amide bonds. The predicted molar refractivity (Wildman–Crippen MR) is 62.5 cm³/mol. The minimum atomic E-state index is -0.191. The number of ether oxygens (including phenoxy) is 1. The van der Waals surface area contributed by atoms with Gasteiger partial charge in [-0.3, -0.25) is 4.79 Å². The molecule has 0 saturated carbocycles. The number of nitrogens with zero attached hydrogens (tertiary/aromatic N) is 2. The summed E-state index contributed by atoms with van der Waals surface area (Å²) < 4.78 is 5.32. The van der Waals surface area contributed by atoms with Crippen LogP contribution in [0.1, 0.15) is 39.0 Å². The van der Waals surface area contributed by atoms with Gasteiger partial charge in [0.2, 0.25) is 11.8 Å². The van der Waals surface area contributed by atoms with Crippen LogP contribution in [0.3, 0.4) is 0 Å². The van der Waals surface area contributed by atoms with E-state index in [-0.39, 0.29) is 18.0 Å². The number of fused-ring (bicyclic) bond motifs is 1. The first-order valence-electron chi connectivity index (χ1n) is 6.20. The van der Waals surface area contributed by atoms with Crippen LogP contribution in [0.15, 0.2) is 4.99 Å². The monoisotopic (exact) mass is 224 g/mol. The van der Waals surface area contributed by atoms with Crippen LogP contribution in [0.25, 0.3) is 0 Å². The van der Waals surface area contributed by atoms with E-state index in [0.717, 1.165) is 44.5 Å². The van der Waals surface area contributed by atoms with Crippen LogP contribution in [0.2, 0.25) is 0 Å². The zero-order valence-corrected chi connectivity index (χ0v) is 10.1. The summed E-state index contributed by atoms with van der Waals surface area (Å²) in [6, 6.07) is -0.0698. The van der Waals surface area contributed by atoms with Gasteiger partial charge in [-0.25, -0.2) is 4.99 Å². The summed E-state index contributed by atoms with van der Waals surface area (Å²) >= 11 is 0. The highest BCUT2D eigenvalue weighted by Crippen LogP contribution is 2.26. The molecule has 1 fully saturated rings. The first-order chi connectivity index (χ1) is 7.77. The average Bonchev–Trinajstić information content (AvgIpc) is 2.78. The normalized spacial score (nSPS) is 29.0. The Labute approximate surface area is 96.7 Å². The van der Waals surface area contributed by atoms with Gasteiger partial charge < -0.3 is 9.64 Å². The lowest BCUT2D eigenvalue weighted by atomic mass is 10.1. The summed E-state index contributed by atoms with van der Waals surface area (Å²) in [5.74, 6) is 0.968. The van der Waals surface area contributed by atoms with Crippen molar-refractivity contribution in [1.82, 2.24) is 4.90 Å². The molecule has 0 spiro atoms. The van der Waals surface area contributed by atoms with Crippen molar-refractivity contribution in [2.45, 2.75) is 51.1 Å². The Morgan fingerprint density at radius 1 is 1.56 bits per heavy atom. The van der Waals surface area contributed by atoms with E-state index in [0.29, 0.717) is 0 Å². The molecule has 0 N–H and O–H groups in total. The highest BCUT2D eigenvalue weighted by atomic mass is 16.5. The molecular formula is C12H20N2O2. The summed E-state index contributed by atoms with van der Waals surface area (Å²) in [6.07, 6.45) is 5.07. The van der Waals surface area contributed by atoms with Crippen LogP contribution in [-0.2, 0) is 9.53 Å². The van der Waals surface area contributed by atoms with Gasteiger partial charge in [-0.15, -0.1) is 0 Å². The fourth-order valence-corrected chi connectivity index (χ4v) is 2.55. The number of hydrogen-bond acceptors (Lipinski definition) is 3. The maximum Gasteiger partial charge on any atom is 0.248 e. The van der Waals surface area contributed by atoms with Crippen molar-refractivity contribution in [1.29, 1.82) is 0 Å². The number of amides is 1. The minimum absolute atomic E-state index is 0.121. The molecule has 0 aliphatic carbocycles. The van der Waals surface area contributed by atoms with E-state index in [1.54, 1.807) is 7.11 Å². The highest BCUT2D eigenvalue weighted by molar-refractivity contribution is 5.95. The number of carbonyl (C=O) groups excluding carboxylic acids is 1. The van der Waals surface area contributed by atoms with Crippen molar-refractivity contribution in [3.63, 3.8) is 0 Å². The lowest BCUT2D eigenvalue weighted by molar-refractivity contribution is -0.133. The van der Waals surface area contributed by atoms with Crippen molar-refractivity contribution in [2.75, 3.05) is 13.7 Å². The standard InChI is InChI=1S/C12H20N2O2/c1-3-4-6-9-12(15)14-8-5-7-10(14)11(13-9)16-2/h9-10H,3-8H2,1-2H3/t9-,10-/m0/s1. The van der Waals surface area contributed by atoms with Gasteiger partial charge in [0.1, 0.15) is 12.1 Å². The summed E-state index contributed by atoms with van der Waals surface area (Å²) in [6.45, 7) is 3.00. The van der Waals surface area contributed by atoms with Gasteiger partial charge >= 0.3 is 0 Å². The maximum absolute atomic E-state index is 12.1. The second-order valence-corrected chi connectivity index (χ2v) is 4.52. The summed E-state index contributed by atoms with van der Waals surface area (Å²) in [4.78, 5) is 18.6. The van der Waals surface area contributed by atoms with Crippen molar-refractivity contribution in [2.24, 2.45) is 4.99 Å². The van der Waals surface area contributed by atoms with Gasteiger partial charge in [0.05, 0.1) is 7.11 Å². The second-order valence-electron chi connectivity index (χ2n) is 4.52. The first-order valence-corrected chi connectivity index (χ1v) is 6.20. The first kappa shape index (κ1) is 11.4. The molecule has 90 valence electrons. The molecule has 0 aromatic carbocycles. The van der Waals surface area contributed by atoms with Crippen LogP contribution in [-0.4, -0.2) is 42.4 Å². The van der Waals surface area contributed by atoms with Gasteiger partial charge in [-0.1, -0.05) is 19.8 Å². The smallest absolute Gasteiger partial charge is 0.248 e. The molecule has 0 aromatic heterocycles. The number of methoxy groups -OCH3 is 1. The van der Waals surface area contributed by atoms with E-state index in [1.807, 2.05) is 4.90 Å². The molecule has 0 bridgehead atoms. The van der Waals surface area contributed by atoms with E-state index in [2.05, 4.69) is 11.9 Å². The number of aliphatic imine (C=N–C) groups is 1. The number of carbonyl (C=O) groups is 1. The third-order valence-electron chi connectivity index (χ3n) is 3.43. The third kappa shape index (κ3) is 1.93. The van der Waals surface area contributed by atoms with Crippen LogP contribution in [0.5, 0.6) is 0 Å². The number of rotatable bonds is 3. The van der Waals surface area contributed by atoms with Gasteiger partial charge in [-0.2, -0.15) is 0 Å². The molecule has 0 radical (unpaired) electrons. The Bertz CT molecular complexity index is 301. The quantitative estimate of drug-likeness (QED) is 0.730. The molecule has 2 atom stereocenters. The predicted octanol–water partition coefficient (Wildman–Crippen LogP) is 1.59. The minimum Gasteiger partial charge on any atom is -0.483 e. The van der Waals surface area contributed by atoms with Crippen LogP contribution in [0.4, 0.5) is 0 Å². The Hall–Kier alpha value is -1.06. The van der Waals surface area contributed by atoms with E-state index < -0.39 is 0 Å². The zero-order chi connectivity index (χ0) is 11.5. The number of unbranched alkanes of at least 4 members (excludes halogenated alkanes) is 1. The Balaban J connectivity index is 2.14. The average molecular weight is 224 g/mol. The van der Waals surface area contributed by atoms with Crippen LogP contribution in [0, 0.1) is 0 Å². The topological polar surface area (TPSA) is 41.9 Å². The number of hydrogen-bond donors (Lipinski definition) is 0. The molecule has 4 nitrogen and oxygen atoms in total.